The van der Waals surface area contributed by atoms with Crippen LogP contribution in [0.4, 0.5) is 11.4 Å². The number of nitrogens with one attached hydrogen (secondary N) is 2. The minimum absolute atomic E-state index is 0.0542. The summed E-state index contributed by atoms with van der Waals surface area (Å²) in [5.74, 6) is -0.372. The Bertz CT molecular complexity index is 1020. The van der Waals surface area contributed by atoms with Gasteiger partial charge in [0.1, 0.15) is 0 Å². The predicted molar refractivity (Wildman–Crippen MR) is 116 cm³/mol. The molecule has 1 saturated heterocycles. The van der Waals surface area contributed by atoms with Gasteiger partial charge in [0.05, 0.1) is 6.10 Å². The lowest BCUT2D eigenvalue weighted by atomic mass is 10.1. The van der Waals surface area contributed by atoms with Crippen LogP contribution in [0.2, 0.25) is 0 Å². The minimum Gasteiger partial charge on any atom is -0.454 e. The number of nitrogens with zero attached hydrogens (tertiary/aromatic N) is 1. The molecule has 0 bridgehead atoms. The average molecular weight is 439 g/mol. The second-order valence-corrected chi connectivity index (χ2v) is 7.68. The van der Waals surface area contributed by atoms with Crippen LogP contribution in [0.15, 0.2) is 42.5 Å². The number of anilines is 2. The summed E-state index contributed by atoms with van der Waals surface area (Å²) in [4.78, 5) is 38.2. The number of piperidine rings is 1. The molecule has 9 nitrogen and oxygen atoms in total. The Kier molecular flexibility index (Phi) is 6.55. The molecule has 0 aliphatic carbocycles. The number of hydrogen-bond acceptors (Lipinski definition) is 6. The van der Waals surface area contributed by atoms with E-state index in [1.165, 1.54) is 0 Å². The Balaban J connectivity index is 1.26. The molecule has 3 amide bonds. The van der Waals surface area contributed by atoms with Gasteiger partial charge < -0.3 is 30.1 Å². The second kappa shape index (κ2) is 9.69. The van der Waals surface area contributed by atoms with E-state index >= 15 is 0 Å². The highest BCUT2D eigenvalue weighted by Gasteiger charge is 2.21. The van der Waals surface area contributed by atoms with Crippen molar-refractivity contribution in [2.45, 2.75) is 31.8 Å². The smallest absolute Gasteiger partial charge is 0.313 e. The molecule has 0 aromatic heterocycles. The number of amides is 3. The summed E-state index contributed by atoms with van der Waals surface area (Å²) in [6, 6.07) is 12.0. The van der Waals surface area contributed by atoms with Crippen LogP contribution in [-0.2, 0) is 14.4 Å². The van der Waals surface area contributed by atoms with Crippen LogP contribution in [-0.4, -0.2) is 42.7 Å². The van der Waals surface area contributed by atoms with E-state index in [2.05, 4.69) is 10.6 Å². The zero-order chi connectivity index (χ0) is 22.5. The normalized spacial score (nSPS) is 15.9. The van der Waals surface area contributed by atoms with E-state index in [1.807, 2.05) is 0 Å². The predicted octanol–water partition coefficient (Wildman–Crippen LogP) is 2.11. The maximum Gasteiger partial charge on any atom is 0.313 e. The Morgan fingerprint density at radius 2 is 1.91 bits per heavy atom. The molecule has 2 aromatic rings. The molecule has 2 aromatic carbocycles. The van der Waals surface area contributed by atoms with E-state index in [1.54, 1.807) is 47.4 Å². The number of carbonyl (C=O) groups excluding carboxylic acids is 3. The number of hydrogen-bond donors (Lipinski definition) is 3. The molecule has 9 heteroatoms. The first kappa shape index (κ1) is 21.6. The van der Waals surface area contributed by atoms with Crippen LogP contribution < -0.4 is 25.0 Å². The van der Waals surface area contributed by atoms with E-state index < -0.39 is 17.9 Å². The Hall–Kier alpha value is -3.59. The summed E-state index contributed by atoms with van der Waals surface area (Å²) >= 11 is 0. The van der Waals surface area contributed by atoms with Gasteiger partial charge in [0, 0.05) is 30.9 Å². The molecule has 0 unspecified atom stereocenters. The fraction of sp³-hybridized carbons (Fsp3) is 0.348. The molecule has 0 radical (unpaired) electrons. The molecule has 2 aliphatic heterocycles. The molecule has 168 valence electrons. The standard InChI is InChI=1S/C23H25N3O6/c27-18(15-7-8-19-20(12-15)32-14-31-19)9-10-24-22(29)23(30)25-16-4-3-5-17(13-16)26-11-2-1-6-21(26)28/h3-5,7-8,12-13,18,27H,1-2,6,9-11,14H2,(H,24,29)(H,25,30)/t18-/m1/s1. The quantitative estimate of drug-likeness (QED) is 0.594. The third-order valence-corrected chi connectivity index (χ3v) is 5.43. The largest absolute Gasteiger partial charge is 0.454 e. The molecule has 1 fully saturated rings. The fourth-order valence-electron chi connectivity index (χ4n) is 3.71. The van der Waals surface area contributed by atoms with E-state index in [0.717, 1.165) is 12.8 Å². The van der Waals surface area contributed by atoms with Gasteiger partial charge in [-0.3, -0.25) is 14.4 Å². The SMILES string of the molecule is O=C(NCC[C@@H](O)c1ccc2c(c1)OCO2)C(=O)Nc1cccc(N2CCCCC2=O)c1. The first-order chi connectivity index (χ1) is 15.5. The van der Waals surface area contributed by atoms with Gasteiger partial charge in [0.25, 0.3) is 0 Å². The van der Waals surface area contributed by atoms with Gasteiger partial charge in [-0.05, 0) is 55.2 Å². The van der Waals surface area contributed by atoms with Gasteiger partial charge in [-0.25, -0.2) is 0 Å². The monoisotopic (exact) mass is 439 g/mol. The van der Waals surface area contributed by atoms with E-state index in [-0.39, 0.29) is 25.7 Å². The van der Waals surface area contributed by atoms with Crippen molar-refractivity contribution in [2.24, 2.45) is 0 Å². The maximum atomic E-state index is 12.2. The van der Waals surface area contributed by atoms with E-state index in [9.17, 15) is 19.5 Å². The van der Waals surface area contributed by atoms with Gasteiger partial charge in [-0.15, -0.1) is 0 Å². The summed E-state index contributed by atoms with van der Waals surface area (Å²) in [7, 11) is 0. The molecule has 2 aliphatic rings. The average Bonchev–Trinajstić information content (AvgIpc) is 3.27. The number of aliphatic hydroxyl groups is 1. The molecular weight excluding hydrogens is 414 g/mol. The van der Waals surface area contributed by atoms with Crippen molar-refractivity contribution < 1.29 is 29.0 Å². The van der Waals surface area contributed by atoms with Crippen LogP contribution in [0.5, 0.6) is 11.5 Å². The fourth-order valence-corrected chi connectivity index (χ4v) is 3.71. The van der Waals surface area contributed by atoms with Gasteiger partial charge >= 0.3 is 11.8 Å². The van der Waals surface area contributed by atoms with Crippen LogP contribution in [0, 0.1) is 0 Å². The number of rotatable bonds is 6. The van der Waals surface area contributed by atoms with Crippen molar-refractivity contribution in [3.05, 3.63) is 48.0 Å². The lowest BCUT2D eigenvalue weighted by molar-refractivity contribution is -0.136. The van der Waals surface area contributed by atoms with Crippen molar-refractivity contribution in [1.29, 1.82) is 0 Å². The van der Waals surface area contributed by atoms with Crippen molar-refractivity contribution in [3.63, 3.8) is 0 Å². The summed E-state index contributed by atoms with van der Waals surface area (Å²) in [6.07, 6.45) is 1.73. The highest BCUT2D eigenvalue weighted by atomic mass is 16.7. The number of benzene rings is 2. The molecule has 0 spiro atoms. The summed E-state index contributed by atoms with van der Waals surface area (Å²) < 4.78 is 10.5. The number of carbonyl (C=O) groups is 3. The zero-order valence-corrected chi connectivity index (χ0v) is 17.5. The topological polar surface area (TPSA) is 117 Å². The third kappa shape index (κ3) is 5.00. The van der Waals surface area contributed by atoms with Crippen molar-refractivity contribution in [1.82, 2.24) is 5.32 Å². The molecule has 4 rings (SSSR count). The van der Waals surface area contributed by atoms with E-state index in [0.29, 0.717) is 41.4 Å². The molecule has 1 atom stereocenters. The van der Waals surface area contributed by atoms with Gasteiger partial charge in [-0.1, -0.05) is 12.1 Å². The van der Waals surface area contributed by atoms with Gasteiger partial charge in [0.2, 0.25) is 12.7 Å². The van der Waals surface area contributed by atoms with Crippen LogP contribution in [0.3, 0.4) is 0 Å². The first-order valence-electron chi connectivity index (χ1n) is 10.6. The molecule has 3 N–H and O–H groups in total. The van der Waals surface area contributed by atoms with Crippen molar-refractivity contribution in [3.8, 4) is 11.5 Å². The summed E-state index contributed by atoms with van der Waals surface area (Å²) in [6.45, 7) is 0.907. The summed E-state index contributed by atoms with van der Waals surface area (Å²) in [5, 5.41) is 15.4. The Morgan fingerprint density at radius 3 is 2.75 bits per heavy atom. The highest BCUT2D eigenvalue weighted by Crippen LogP contribution is 2.34. The highest BCUT2D eigenvalue weighted by molar-refractivity contribution is 6.39. The number of fused-ring (bicyclic) bond motifs is 1. The summed E-state index contributed by atoms with van der Waals surface area (Å²) in [5.41, 5.74) is 1.76. The van der Waals surface area contributed by atoms with Gasteiger partial charge in [-0.2, -0.15) is 0 Å². The number of ether oxygens (including phenoxy) is 2. The van der Waals surface area contributed by atoms with Crippen molar-refractivity contribution in [2.75, 3.05) is 30.1 Å². The van der Waals surface area contributed by atoms with Crippen LogP contribution >= 0.6 is 0 Å². The van der Waals surface area contributed by atoms with Crippen LogP contribution in [0.1, 0.15) is 37.4 Å². The lowest BCUT2D eigenvalue weighted by Gasteiger charge is -2.27. The lowest BCUT2D eigenvalue weighted by Crippen LogP contribution is -2.36. The Morgan fingerprint density at radius 1 is 1.06 bits per heavy atom. The zero-order valence-electron chi connectivity index (χ0n) is 17.5. The molecule has 32 heavy (non-hydrogen) atoms. The second-order valence-electron chi connectivity index (χ2n) is 7.68. The third-order valence-electron chi connectivity index (χ3n) is 5.43. The first-order valence-corrected chi connectivity index (χ1v) is 10.6. The van der Waals surface area contributed by atoms with Crippen molar-refractivity contribution >= 4 is 29.1 Å². The number of aliphatic hydroxyl groups excluding tert-OH is 1. The molecule has 2 heterocycles. The maximum absolute atomic E-state index is 12.2. The Labute approximate surface area is 185 Å². The molecule has 0 saturated carbocycles. The minimum atomic E-state index is -0.827. The van der Waals surface area contributed by atoms with E-state index in [4.69, 9.17) is 9.47 Å². The van der Waals surface area contributed by atoms with Crippen LogP contribution in [0.25, 0.3) is 0 Å². The molecular formula is C23H25N3O6. The van der Waals surface area contributed by atoms with Gasteiger partial charge in [0.15, 0.2) is 11.5 Å².